The van der Waals surface area contributed by atoms with Crippen molar-refractivity contribution in [2.24, 2.45) is 0 Å². The second kappa shape index (κ2) is 5.37. The Morgan fingerprint density at radius 2 is 1.73 bits per heavy atom. The first-order valence-electron chi connectivity index (χ1n) is 6.60. The summed E-state index contributed by atoms with van der Waals surface area (Å²) in [5, 5.41) is 18.6. The molecule has 0 atom stereocenters. The number of carboxylic acids is 2. The maximum Gasteiger partial charge on any atom is 0.335 e. The largest absolute Gasteiger partial charge is 0.481 e. The summed E-state index contributed by atoms with van der Waals surface area (Å²) in [6.07, 6.45) is 1.53. The molecule has 5 nitrogen and oxygen atoms in total. The number of rotatable bonds is 4. The molecule has 110 valence electrons. The monoisotopic (exact) mass is 296 g/mol. The van der Waals surface area contributed by atoms with Crippen LogP contribution < -0.4 is 0 Å². The van der Waals surface area contributed by atoms with Crippen LogP contribution in [0.25, 0.3) is 22.1 Å². The Morgan fingerprint density at radius 1 is 1.00 bits per heavy atom. The molecule has 5 heteroatoms. The van der Waals surface area contributed by atoms with Gasteiger partial charge in [0.1, 0.15) is 5.58 Å². The Balaban J connectivity index is 2.06. The molecular weight excluding hydrogens is 284 g/mol. The smallest absolute Gasteiger partial charge is 0.335 e. The Hall–Kier alpha value is -3.08. The highest BCUT2D eigenvalue weighted by Gasteiger charge is 2.11. The van der Waals surface area contributed by atoms with Crippen LogP contribution in [0.15, 0.2) is 53.1 Å². The number of carbonyl (C=O) groups is 2. The first-order valence-corrected chi connectivity index (χ1v) is 6.60. The van der Waals surface area contributed by atoms with Crippen molar-refractivity contribution >= 4 is 22.9 Å². The SMILES string of the molecule is O=C(O)Cc1ccc2occ(-c3ccc(C(=O)O)cc3)c2c1. The van der Waals surface area contributed by atoms with Gasteiger partial charge in [0.25, 0.3) is 0 Å². The van der Waals surface area contributed by atoms with Crippen molar-refractivity contribution in [3.05, 3.63) is 59.9 Å². The summed E-state index contributed by atoms with van der Waals surface area (Å²) < 4.78 is 5.48. The average Bonchev–Trinajstić information content (AvgIpc) is 2.90. The molecule has 0 unspecified atom stereocenters. The third-order valence-electron chi connectivity index (χ3n) is 3.44. The Bertz CT molecular complexity index is 858. The molecule has 2 N–H and O–H groups in total. The van der Waals surface area contributed by atoms with Crippen molar-refractivity contribution in [2.75, 3.05) is 0 Å². The number of aromatic carboxylic acids is 1. The Labute approximate surface area is 125 Å². The lowest BCUT2D eigenvalue weighted by Crippen LogP contribution is -1.99. The molecule has 0 spiro atoms. The molecule has 1 aromatic heterocycles. The topological polar surface area (TPSA) is 87.7 Å². The fourth-order valence-electron chi connectivity index (χ4n) is 2.38. The number of fused-ring (bicyclic) bond motifs is 1. The van der Waals surface area contributed by atoms with Gasteiger partial charge in [0, 0.05) is 10.9 Å². The van der Waals surface area contributed by atoms with Crippen molar-refractivity contribution in [2.45, 2.75) is 6.42 Å². The Kier molecular flexibility index (Phi) is 3.39. The second-order valence-electron chi connectivity index (χ2n) is 4.93. The minimum Gasteiger partial charge on any atom is -0.481 e. The van der Waals surface area contributed by atoms with Crippen LogP contribution in [0.5, 0.6) is 0 Å². The van der Waals surface area contributed by atoms with Crippen LogP contribution in [-0.2, 0) is 11.2 Å². The summed E-state index contributed by atoms with van der Waals surface area (Å²) in [6, 6.07) is 11.7. The van der Waals surface area contributed by atoms with E-state index in [0.717, 1.165) is 16.5 Å². The van der Waals surface area contributed by atoms with Crippen LogP contribution in [-0.4, -0.2) is 22.2 Å². The van der Waals surface area contributed by atoms with Crippen LogP contribution in [0.1, 0.15) is 15.9 Å². The molecule has 0 radical (unpaired) electrons. The summed E-state index contributed by atoms with van der Waals surface area (Å²) in [7, 11) is 0. The molecule has 22 heavy (non-hydrogen) atoms. The van der Waals surface area contributed by atoms with Crippen LogP contribution in [0, 0.1) is 0 Å². The zero-order valence-corrected chi connectivity index (χ0v) is 11.4. The molecule has 3 rings (SSSR count). The fourth-order valence-corrected chi connectivity index (χ4v) is 2.38. The summed E-state index contributed by atoms with van der Waals surface area (Å²) in [4.78, 5) is 21.7. The zero-order chi connectivity index (χ0) is 15.7. The van der Waals surface area contributed by atoms with E-state index in [-0.39, 0.29) is 12.0 Å². The Morgan fingerprint density at radius 3 is 2.36 bits per heavy atom. The van der Waals surface area contributed by atoms with Crippen molar-refractivity contribution in [3.8, 4) is 11.1 Å². The van der Waals surface area contributed by atoms with E-state index < -0.39 is 11.9 Å². The van der Waals surface area contributed by atoms with Gasteiger partial charge in [-0.05, 0) is 35.4 Å². The molecule has 0 saturated heterocycles. The number of carboxylic acid groups (broad SMARTS) is 2. The van der Waals surface area contributed by atoms with E-state index in [1.54, 1.807) is 36.6 Å². The van der Waals surface area contributed by atoms with Gasteiger partial charge in [-0.2, -0.15) is 0 Å². The van der Waals surface area contributed by atoms with E-state index in [4.69, 9.17) is 14.6 Å². The average molecular weight is 296 g/mol. The van der Waals surface area contributed by atoms with Crippen LogP contribution in [0.3, 0.4) is 0 Å². The van der Waals surface area contributed by atoms with Gasteiger partial charge in [-0.15, -0.1) is 0 Å². The summed E-state index contributed by atoms with van der Waals surface area (Å²) >= 11 is 0. The number of hydrogen-bond donors (Lipinski definition) is 2. The van der Waals surface area contributed by atoms with Crippen molar-refractivity contribution in [1.29, 1.82) is 0 Å². The molecule has 0 aliphatic carbocycles. The van der Waals surface area contributed by atoms with Gasteiger partial charge in [-0.25, -0.2) is 4.79 Å². The molecule has 3 aromatic rings. The maximum absolute atomic E-state index is 10.9. The summed E-state index contributed by atoms with van der Waals surface area (Å²) in [5.74, 6) is -1.87. The van der Waals surface area contributed by atoms with Gasteiger partial charge in [0.15, 0.2) is 0 Å². The minimum atomic E-state index is -0.979. The molecule has 0 aliphatic rings. The molecule has 0 bridgehead atoms. The first kappa shape index (κ1) is 13.9. The van der Waals surface area contributed by atoms with Gasteiger partial charge in [0.2, 0.25) is 0 Å². The lowest BCUT2D eigenvalue weighted by Gasteiger charge is -2.01. The minimum absolute atomic E-state index is 0.0570. The lowest BCUT2D eigenvalue weighted by atomic mass is 10.0. The van der Waals surface area contributed by atoms with Crippen LogP contribution in [0.4, 0.5) is 0 Å². The van der Waals surface area contributed by atoms with Crippen LogP contribution >= 0.6 is 0 Å². The molecule has 0 saturated carbocycles. The third-order valence-corrected chi connectivity index (χ3v) is 3.44. The quantitative estimate of drug-likeness (QED) is 0.770. The molecule has 0 amide bonds. The van der Waals surface area contributed by atoms with Crippen molar-refractivity contribution in [3.63, 3.8) is 0 Å². The molecule has 0 fully saturated rings. The van der Waals surface area contributed by atoms with Crippen molar-refractivity contribution in [1.82, 2.24) is 0 Å². The van der Waals surface area contributed by atoms with E-state index in [0.29, 0.717) is 11.1 Å². The van der Waals surface area contributed by atoms with Gasteiger partial charge < -0.3 is 14.6 Å². The highest BCUT2D eigenvalue weighted by Crippen LogP contribution is 2.31. The van der Waals surface area contributed by atoms with Gasteiger partial charge >= 0.3 is 11.9 Å². The molecular formula is C17H12O5. The van der Waals surface area contributed by atoms with Gasteiger partial charge in [-0.3, -0.25) is 4.79 Å². The fraction of sp³-hybridized carbons (Fsp3) is 0.0588. The number of hydrogen-bond acceptors (Lipinski definition) is 3. The molecule has 2 aromatic carbocycles. The standard InChI is InChI=1S/C17H12O5/c18-16(19)8-10-1-6-15-13(7-10)14(9-22-15)11-2-4-12(5-3-11)17(20)21/h1-7,9H,8H2,(H,18,19)(H,20,21). The van der Waals surface area contributed by atoms with Crippen LogP contribution in [0.2, 0.25) is 0 Å². The number of benzene rings is 2. The van der Waals surface area contributed by atoms with Gasteiger partial charge in [0.05, 0.1) is 18.2 Å². The second-order valence-corrected chi connectivity index (χ2v) is 4.93. The predicted molar refractivity (Wildman–Crippen MR) is 79.9 cm³/mol. The predicted octanol–water partition coefficient (Wildman–Crippen LogP) is 3.43. The normalized spacial score (nSPS) is 10.7. The molecule has 0 aliphatic heterocycles. The molecule has 1 heterocycles. The van der Waals surface area contributed by atoms with E-state index in [2.05, 4.69) is 0 Å². The van der Waals surface area contributed by atoms with Crippen molar-refractivity contribution < 1.29 is 24.2 Å². The highest BCUT2D eigenvalue weighted by molar-refractivity contribution is 5.95. The highest BCUT2D eigenvalue weighted by atomic mass is 16.4. The number of furan rings is 1. The van der Waals surface area contributed by atoms with E-state index in [1.807, 2.05) is 0 Å². The number of aliphatic carboxylic acids is 1. The van der Waals surface area contributed by atoms with Gasteiger partial charge in [-0.1, -0.05) is 18.2 Å². The summed E-state index contributed by atoms with van der Waals surface area (Å²) in [6.45, 7) is 0. The van der Waals surface area contributed by atoms with E-state index in [1.165, 1.54) is 12.1 Å². The van der Waals surface area contributed by atoms with E-state index in [9.17, 15) is 9.59 Å². The third kappa shape index (κ3) is 2.56. The maximum atomic E-state index is 10.9. The lowest BCUT2D eigenvalue weighted by molar-refractivity contribution is -0.136. The first-order chi connectivity index (χ1) is 10.5. The zero-order valence-electron chi connectivity index (χ0n) is 11.4. The van der Waals surface area contributed by atoms with E-state index >= 15 is 0 Å². The summed E-state index contributed by atoms with van der Waals surface area (Å²) in [5.41, 5.74) is 3.18.